The third kappa shape index (κ3) is 1.94. The van der Waals surface area contributed by atoms with E-state index in [0.717, 1.165) is 16.7 Å². The summed E-state index contributed by atoms with van der Waals surface area (Å²) in [7, 11) is 0. The average molecular weight is 274 g/mol. The maximum absolute atomic E-state index is 11.8. The Morgan fingerprint density at radius 2 is 2.00 bits per heavy atom. The van der Waals surface area contributed by atoms with Gasteiger partial charge in [0.15, 0.2) is 5.65 Å². The van der Waals surface area contributed by atoms with Crippen LogP contribution in [0.15, 0.2) is 35.3 Å². The SMILES string of the molecule is Cc1ccc(-c2c[nH]n3c(=O)cc(C)nc23)c(Cl)c1. The minimum Gasteiger partial charge on any atom is -0.296 e. The number of benzene rings is 1. The van der Waals surface area contributed by atoms with Crippen LogP contribution in [0.3, 0.4) is 0 Å². The number of nitrogens with one attached hydrogen (secondary N) is 1. The molecule has 3 aromatic rings. The summed E-state index contributed by atoms with van der Waals surface area (Å²) in [5, 5.41) is 3.56. The molecule has 0 aliphatic heterocycles. The predicted molar refractivity (Wildman–Crippen MR) is 75.7 cm³/mol. The molecule has 0 spiro atoms. The van der Waals surface area contributed by atoms with Crippen LogP contribution >= 0.6 is 11.6 Å². The molecule has 0 unspecified atom stereocenters. The maximum atomic E-state index is 11.8. The summed E-state index contributed by atoms with van der Waals surface area (Å²) in [6.07, 6.45) is 1.75. The quantitative estimate of drug-likeness (QED) is 0.741. The van der Waals surface area contributed by atoms with Crippen LogP contribution in [0.4, 0.5) is 0 Å². The van der Waals surface area contributed by atoms with Gasteiger partial charge in [-0.2, -0.15) is 0 Å². The van der Waals surface area contributed by atoms with Gasteiger partial charge in [0.05, 0.1) is 0 Å². The Bertz CT molecular complexity index is 832. The van der Waals surface area contributed by atoms with Gasteiger partial charge in [0.1, 0.15) is 0 Å². The fourth-order valence-corrected chi connectivity index (χ4v) is 2.47. The largest absolute Gasteiger partial charge is 0.296 e. The highest BCUT2D eigenvalue weighted by Gasteiger charge is 2.12. The lowest BCUT2D eigenvalue weighted by Gasteiger charge is -2.03. The number of rotatable bonds is 1. The first kappa shape index (κ1) is 12.0. The van der Waals surface area contributed by atoms with E-state index in [1.807, 2.05) is 25.1 Å². The normalized spacial score (nSPS) is 11.1. The highest BCUT2D eigenvalue weighted by atomic mass is 35.5. The number of halogens is 1. The summed E-state index contributed by atoms with van der Waals surface area (Å²) in [5.41, 5.74) is 3.94. The zero-order chi connectivity index (χ0) is 13.6. The van der Waals surface area contributed by atoms with Crippen LogP contribution in [-0.2, 0) is 0 Å². The van der Waals surface area contributed by atoms with E-state index in [1.165, 1.54) is 10.6 Å². The Morgan fingerprint density at radius 3 is 2.74 bits per heavy atom. The Labute approximate surface area is 114 Å². The summed E-state index contributed by atoms with van der Waals surface area (Å²) >= 11 is 6.27. The van der Waals surface area contributed by atoms with Crippen molar-refractivity contribution in [3.05, 3.63) is 57.1 Å². The first-order chi connectivity index (χ1) is 9.06. The topological polar surface area (TPSA) is 50.2 Å². The molecule has 0 atom stereocenters. The summed E-state index contributed by atoms with van der Waals surface area (Å²) < 4.78 is 1.42. The van der Waals surface area contributed by atoms with Crippen molar-refractivity contribution >= 4 is 17.2 Å². The summed E-state index contributed by atoms with van der Waals surface area (Å²) in [5.74, 6) is 0. The molecule has 1 N–H and O–H groups in total. The van der Waals surface area contributed by atoms with E-state index >= 15 is 0 Å². The fraction of sp³-hybridized carbons (Fsp3) is 0.143. The number of hydrogen-bond donors (Lipinski definition) is 1. The first-order valence-corrected chi connectivity index (χ1v) is 6.28. The van der Waals surface area contributed by atoms with Crippen LogP contribution in [0.2, 0.25) is 5.02 Å². The molecule has 5 heteroatoms. The lowest BCUT2D eigenvalue weighted by Crippen LogP contribution is -2.14. The molecule has 3 rings (SSSR count). The van der Waals surface area contributed by atoms with Crippen molar-refractivity contribution in [1.29, 1.82) is 0 Å². The Hall–Kier alpha value is -2.07. The number of H-pyrrole nitrogens is 1. The molecule has 19 heavy (non-hydrogen) atoms. The molecule has 0 radical (unpaired) electrons. The van der Waals surface area contributed by atoms with E-state index in [1.54, 1.807) is 13.1 Å². The zero-order valence-electron chi connectivity index (χ0n) is 10.6. The van der Waals surface area contributed by atoms with Crippen LogP contribution in [0, 0.1) is 13.8 Å². The number of aryl methyl sites for hydroxylation is 2. The summed E-state index contributed by atoms with van der Waals surface area (Å²) in [6.45, 7) is 3.78. The number of aromatic amines is 1. The molecule has 0 bridgehead atoms. The predicted octanol–water partition coefficient (Wildman–Crippen LogP) is 2.96. The monoisotopic (exact) mass is 273 g/mol. The lowest BCUT2D eigenvalue weighted by molar-refractivity contribution is 0.890. The van der Waals surface area contributed by atoms with Crippen molar-refractivity contribution in [1.82, 2.24) is 14.6 Å². The number of hydrogen-bond acceptors (Lipinski definition) is 2. The van der Waals surface area contributed by atoms with Crippen molar-refractivity contribution in [3.8, 4) is 11.1 Å². The summed E-state index contributed by atoms with van der Waals surface area (Å²) in [4.78, 5) is 16.3. The van der Waals surface area contributed by atoms with Gasteiger partial charge in [0, 0.05) is 34.1 Å². The summed E-state index contributed by atoms with van der Waals surface area (Å²) in [6, 6.07) is 7.31. The van der Waals surface area contributed by atoms with E-state index < -0.39 is 0 Å². The van der Waals surface area contributed by atoms with Crippen molar-refractivity contribution in [2.24, 2.45) is 0 Å². The van der Waals surface area contributed by atoms with Gasteiger partial charge in [0.25, 0.3) is 5.56 Å². The third-order valence-electron chi connectivity index (χ3n) is 3.04. The lowest BCUT2D eigenvalue weighted by atomic mass is 10.1. The molecule has 0 saturated heterocycles. The zero-order valence-corrected chi connectivity index (χ0v) is 11.3. The van der Waals surface area contributed by atoms with E-state index in [4.69, 9.17) is 11.6 Å². The standard InChI is InChI=1S/C14H12ClN3O/c1-8-3-4-10(12(15)5-8)11-7-16-18-13(19)6-9(2)17-14(11)18/h3-7,16H,1-2H3. The van der Waals surface area contributed by atoms with E-state index in [2.05, 4.69) is 10.1 Å². The second-order valence-corrected chi connectivity index (χ2v) is 4.97. The van der Waals surface area contributed by atoms with Gasteiger partial charge in [0.2, 0.25) is 0 Å². The Kier molecular flexibility index (Phi) is 2.68. The molecule has 0 aliphatic carbocycles. The van der Waals surface area contributed by atoms with Crippen molar-refractivity contribution in [2.75, 3.05) is 0 Å². The number of aromatic nitrogens is 3. The van der Waals surface area contributed by atoms with Crippen LogP contribution in [0.5, 0.6) is 0 Å². The van der Waals surface area contributed by atoms with Crippen molar-refractivity contribution in [3.63, 3.8) is 0 Å². The molecule has 0 aliphatic rings. The van der Waals surface area contributed by atoms with Crippen LogP contribution in [0.1, 0.15) is 11.3 Å². The minimum atomic E-state index is -0.128. The molecule has 0 fully saturated rings. The second kappa shape index (κ2) is 4.24. The fourth-order valence-electron chi connectivity index (χ4n) is 2.13. The van der Waals surface area contributed by atoms with E-state index in [0.29, 0.717) is 16.4 Å². The van der Waals surface area contributed by atoms with Gasteiger partial charge in [-0.1, -0.05) is 23.7 Å². The molecule has 4 nitrogen and oxygen atoms in total. The smallest absolute Gasteiger partial charge is 0.272 e. The van der Waals surface area contributed by atoms with Gasteiger partial charge < -0.3 is 0 Å². The highest BCUT2D eigenvalue weighted by Crippen LogP contribution is 2.30. The molecule has 2 aromatic heterocycles. The van der Waals surface area contributed by atoms with Gasteiger partial charge >= 0.3 is 0 Å². The average Bonchev–Trinajstić information content (AvgIpc) is 2.73. The van der Waals surface area contributed by atoms with Crippen LogP contribution < -0.4 is 5.56 Å². The van der Waals surface area contributed by atoms with Gasteiger partial charge in [-0.25, -0.2) is 9.50 Å². The molecule has 96 valence electrons. The van der Waals surface area contributed by atoms with Crippen molar-refractivity contribution < 1.29 is 0 Å². The molecular formula is C14H12ClN3O. The molecular weight excluding hydrogens is 262 g/mol. The van der Waals surface area contributed by atoms with Gasteiger partial charge in [-0.05, 0) is 25.5 Å². The highest BCUT2D eigenvalue weighted by molar-refractivity contribution is 6.33. The Balaban J connectivity index is 2.34. The van der Waals surface area contributed by atoms with E-state index in [9.17, 15) is 4.79 Å². The molecule has 0 saturated carbocycles. The third-order valence-corrected chi connectivity index (χ3v) is 3.35. The van der Waals surface area contributed by atoms with E-state index in [-0.39, 0.29) is 5.56 Å². The Morgan fingerprint density at radius 1 is 1.21 bits per heavy atom. The maximum Gasteiger partial charge on any atom is 0.272 e. The van der Waals surface area contributed by atoms with Gasteiger partial charge in [-0.15, -0.1) is 0 Å². The van der Waals surface area contributed by atoms with Crippen LogP contribution in [-0.4, -0.2) is 14.6 Å². The second-order valence-electron chi connectivity index (χ2n) is 4.57. The molecule has 1 aromatic carbocycles. The molecule has 0 amide bonds. The van der Waals surface area contributed by atoms with Crippen molar-refractivity contribution in [2.45, 2.75) is 13.8 Å². The number of fused-ring (bicyclic) bond motifs is 1. The first-order valence-electron chi connectivity index (χ1n) is 5.90. The van der Waals surface area contributed by atoms with Crippen LogP contribution in [0.25, 0.3) is 16.8 Å². The van der Waals surface area contributed by atoms with Gasteiger partial charge in [-0.3, -0.25) is 9.89 Å². The minimum absolute atomic E-state index is 0.128. The number of nitrogens with zero attached hydrogens (tertiary/aromatic N) is 2. The molecule has 2 heterocycles.